The average molecular weight is 441 g/mol. The van der Waals surface area contributed by atoms with Crippen LogP contribution in [0.25, 0.3) is 10.6 Å². The summed E-state index contributed by atoms with van der Waals surface area (Å²) in [4.78, 5) is 7.15. The molecule has 3 aromatic heterocycles. The van der Waals surface area contributed by atoms with Gasteiger partial charge >= 0.3 is 0 Å². The second-order valence-corrected chi connectivity index (χ2v) is 8.76. The Morgan fingerprint density at radius 3 is 2.77 bits per heavy atom. The maximum Gasteiger partial charge on any atom is 0.183 e. The normalized spacial score (nSPS) is 10.9. The third-order valence-electron chi connectivity index (χ3n) is 4.75. The fraction of sp³-hybridized carbons (Fsp3) is 0.273. The molecule has 1 N–H and O–H groups in total. The van der Waals surface area contributed by atoms with Crippen molar-refractivity contribution < 1.29 is 9.47 Å². The van der Waals surface area contributed by atoms with Crippen LogP contribution in [0.4, 0.5) is 5.13 Å². The second-order valence-electron chi connectivity index (χ2n) is 6.73. The van der Waals surface area contributed by atoms with E-state index in [0.29, 0.717) is 6.54 Å². The smallest absolute Gasteiger partial charge is 0.183 e. The Morgan fingerprint density at radius 2 is 2.00 bits per heavy atom. The summed E-state index contributed by atoms with van der Waals surface area (Å²) < 4.78 is 12.9. The largest absolute Gasteiger partial charge is 0.493 e. The lowest BCUT2D eigenvalue weighted by molar-refractivity contribution is 0.352. The molecule has 0 fully saturated rings. The predicted octanol–water partition coefficient (Wildman–Crippen LogP) is 5.25. The Kier molecular flexibility index (Phi) is 6.35. The summed E-state index contributed by atoms with van der Waals surface area (Å²) in [6, 6.07) is 12.2. The molecule has 1 aromatic carbocycles. The van der Waals surface area contributed by atoms with Gasteiger partial charge in [0.15, 0.2) is 16.6 Å². The van der Waals surface area contributed by atoms with Crippen molar-refractivity contribution >= 4 is 27.8 Å². The molecule has 0 atom stereocenters. The molecule has 0 amide bonds. The Bertz CT molecular complexity index is 1100. The second kappa shape index (κ2) is 9.32. The number of benzene rings is 1. The van der Waals surface area contributed by atoms with Gasteiger partial charge in [-0.15, -0.1) is 11.3 Å². The van der Waals surface area contributed by atoms with Gasteiger partial charge in [0.1, 0.15) is 5.69 Å². The number of methoxy groups -OCH3 is 2. The molecule has 8 heteroatoms. The zero-order valence-corrected chi connectivity index (χ0v) is 18.8. The van der Waals surface area contributed by atoms with Crippen LogP contribution < -0.4 is 14.8 Å². The molecule has 4 rings (SSSR count). The third-order valence-corrected chi connectivity index (χ3v) is 6.83. The lowest BCUT2D eigenvalue weighted by atomic mass is 10.2. The van der Waals surface area contributed by atoms with Crippen LogP contribution in [0.3, 0.4) is 0 Å². The molecule has 4 aromatic rings. The van der Waals surface area contributed by atoms with Gasteiger partial charge < -0.3 is 14.8 Å². The molecule has 0 aliphatic heterocycles. The first kappa shape index (κ1) is 20.4. The monoisotopic (exact) mass is 440 g/mol. The molecule has 0 bridgehead atoms. The highest BCUT2D eigenvalue weighted by Crippen LogP contribution is 2.34. The zero-order chi connectivity index (χ0) is 20.9. The standard InChI is InChI=1S/C22H24N4O2S2/c1-15-21(18-10-12-26(25-18)11-9-17-7-5-13-29-17)30-22(24-15)23-14-16-6-4-8-19(27-2)20(16)28-3/h4-8,10,12-13H,9,11,14H2,1-3H3,(H,23,24). The van der Waals surface area contributed by atoms with Crippen LogP contribution in [0.2, 0.25) is 0 Å². The number of ether oxygens (including phenoxy) is 2. The van der Waals surface area contributed by atoms with E-state index >= 15 is 0 Å². The minimum absolute atomic E-state index is 0.599. The first-order chi connectivity index (χ1) is 14.7. The molecular formula is C22H24N4O2S2. The summed E-state index contributed by atoms with van der Waals surface area (Å²) in [6.45, 7) is 3.49. The molecule has 0 saturated heterocycles. The van der Waals surface area contributed by atoms with E-state index in [2.05, 4.69) is 33.9 Å². The molecule has 6 nitrogen and oxygen atoms in total. The third kappa shape index (κ3) is 4.49. The van der Waals surface area contributed by atoms with Crippen LogP contribution in [0.5, 0.6) is 11.5 Å². The summed E-state index contributed by atoms with van der Waals surface area (Å²) in [6.07, 6.45) is 3.03. The average Bonchev–Trinajstić information content (AvgIpc) is 3.51. The number of aryl methyl sites for hydroxylation is 3. The van der Waals surface area contributed by atoms with Gasteiger partial charge in [0.2, 0.25) is 0 Å². The van der Waals surface area contributed by atoms with Gasteiger partial charge in [0.25, 0.3) is 0 Å². The first-order valence-electron chi connectivity index (χ1n) is 9.65. The van der Waals surface area contributed by atoms with Crippen LogP contribution >= 0.6 is 22.7 Å². The highest BCUT2D eigenvalue weighted by molar-refractivity contribution is 7.19. The van der Waals surface area contributed by atoms with E-state index in [-0.39, 0.29) is 0 Å². The van der Waals surface area contributed by atoms with Gasteiger partial charge in [-0.2, -0.15) is 5.10 Å². The highest BCUT2D eigenvalue weighted by Gasteiger charge is 2.14. The Morgan fingerprint density at radius 1 is 1.10 bits per heavy atom. The summed E-state index contributed by atoms with van der Waals surface area (Å²) in [5, 5.41) is 11.1. The van der Waals surface area contributed by atoms with Crippen molar-refractivity contribution in [3.05, 3.63) is 64.1 Å². The van der Waals surface area contributed by atoms with Gasteiger partial charge in [-0.05, 0) is 30.5 Å². The number of nitrogens with zero attached hydrogens (tertiary/aromatic N) is 3. The first-order valence-corrected chi connectivity index (χ1v) is 11.3. The Hall–Kier alpha value is -2.84. The van der Waals surface area contributed by atoms with Crippen molar-refractivity contribution in [3.63, 3.8) is 0 Å². The van der Waals surface area contributed by atoms with Crippen LogP contribution in [0, 0.1) is 6.92 Å². The van der Waals surface area contributed by atoms with Crippen molar-refractivity contribution in [2.75, 3.05) is 19.5 Å². The molecule has 0 radical (unpaired) electrons. The topological polar surface area (TPSA) is 61.2 Å². The van der Waals surface area contributed by atoms with Crippen molar-refractivity contribution in [2.24, 2.45) is 0 Å². The number of hydrogen-bond donors (Lipinski definition) is 1. The molecule has 0 saturated carbocycles. The lowest BCUT2D eigenvalue weighted by Crippen LogP contribution is -2.02. The fourth-order valence-corrected chi connectivity index (χ4v) is 4.89. The van der Waals surface area contributed by atoms with E-state index in [1.54, 1.807) is 36.9 Å². The van der Waals surface area contributed by atoms with Gasteiger partial charge in [-0.25, -0.2) is 4.98 Å². The van der Waals surface area contributed by atoms with Crippen molar-refractivity contribution in [2.45, 2.75) is 26.4 Å². The number of hydrogen-bond acceptors (Lipinski definition) is 7. The van der Waals surface area contributed by atoms with Gasteiger partial charge in [-0.1, -0.05) is 29.5 Å². The number of aromatic nitrogens is 3. The number of anilines is 1. The molecule has 0 aliphatic carbocycles. The van der Waals surface area contributed by atoms with E-state index in [0.717, 1.165) is 51.4 Å². The van der Waals surface area contributed by atoms with E-state index < -0.39 is 0 Å². The van der Waals surface area contributed by atoms with Crippen molar-refractivity contribution in [1.29, 1.82) is 0 Å². The number of thiophene rings is 1. The molecular weight excluding hydrogens is 416 g/mol. The van der Waals surface area contributed by atoms with Crippen LogP contribution in [0.15, 0.2) is 48.0 Å². The Labute approximate surface area is 184 Å². The maximum absolute atomic E-state index is 5.51. The number of rotatable bonds is 9. The summed E-state index contributed by atoms with van der Waals surface area (Å²) in [5.41, 5.74) is 2.95. The minimum Gasteiger partial charge on any atom is -0.493 e. The zero-order valence-electron chi connectivity index (χ0n) is 17.2. The lowest BCUT2D eigenvalue weighted by Gasteiger charge is -2.12. The SMILES string of the molecule is COc1cccc(CNc2nc(C)c(-c3ccn(CCc4cccs4)n3)s2)c1OC. The van der Waals surface area contributed by atoms with E-state index in [1.807, 2.05) is 36.0 Å². The van der Waals surface area contributed by atoms with Crippen LogP contribution in [-0.2, 0) is 19.5 Å². The van der Waals surface area contributed by atoms with E-state index in [1.165, 1.54) is 4.88 Å². The van der Waals surface area contributed by atoms with Crippen LogP contribution in [0.1, 0.15) is 16.1 Å². The number of thiazole rings is 1. The number of nitrogens with one attached hydrogen (secondary N) is 1. The van der Waals surface area contributed by atoms with Gasteiger partial charge in [0.05, 0.1) is 24.8 Å². The van der Waals surface area contributed by atoms with Crippen molar-refractivity contribution in [1.82, 2.24) is 14.8 Å². The fourth-order valence-electron chi connectivity index (χ4n) is 3.26. The van der Waals surface area contributed by atoms with Crippen molar-refractivity contribution in [3.8, 4) is 22.1 Å². The predicted molar refractivity (Wildman–Crippen MR) is 123 cm³/mol. The molecule has 0 aliphatic rings. The summed E-state index contributed by atoms with van der Waals surface area (Å²) in [7, 11) is 3.30. The summed E-state index contributed by atoms with van der Waals surface area (Å²) >= 11 is 3.40. The van der Waals surface area contributed by atoms with Gasteiger partial charge in [-0.3, -0.25) is 4.68 Å². The highest BCUT2D eigenvalue weighted by atomic mass is 32.1. The van der Waals surface area contributed by atoms with Gasteiger partial charge in [0, 0.05) is 36.1 Å². The van der Waals surface area contributed by atoms with E-state index in [4.69, 9.17) is 14.6 Å². The molecule has 0 spiro atoms. The summed E-state index contributed by atoms with van der Waals surface area (Å²) in [5.74, 6) is 1.46. The van der Waals surface area contributed by atoms with Crippen LogP contribution in [-0.4, -0.2) is 29.0 Å². The minimum atomic E-state index is 0.599. The molecule has 156 valence electrons. The number of para-hydroxylation sites is 1. The quantitative estimate of drug-likeness (QED) is 0.385. The Balaban J connectivity index is 1.44. The molecule has 3 heterocycles. The van der Waals surface area contributed by atoms with E-state index in [9.17, 15) is 0 Å². The molecule has 30 heavy (non-hydrogen) atoms. The maximum atomic E-state index is 5.51. The molecule has 0 unspecified atom stereocenters.